The van der Waals surface area contributed by atoms with Crippen molar-refractivity contribution in [1.82, 2.24) is 14.9 Å². The Morgan fingerprint density at radius 3 is 2.60 bits per heavy atom. The third kappa shape index (κ3) is 5.26. The second-order valence-electron chi connectivity index (χ2n) is 8.02. The van der Waals surface area contributed by atoms with Crippen molar-refractivity contribution in [2.45, 2.75) is 47.1 Å². The molecule has 30 heavy (non-hydrogen) atoms. The fraction of sp³-hybridized carbons (Fsp3) is 0.375. The van der Waals surface area contributed by atoms with Crippen molar-refractivity contribution in [2.24, 2.45) is 5.92 Å². The summed E-state index contributed by atoms with van der Waals surface area (Å²) < 4.78 is 1.97. The van der Waals surface area contributed by atoms with Crippen molar-refractivity contribution in [3.05, 3.63) is 59.4 Å². The second-order valence-corrected chi connectivity index (χ2v) is 8.02. The first-order valence-electron chi connectivity index (χ1n) is 10.4. The number of nitrogens with zero attached hydrogens (tertiary/aromatic N) is 2. The van der Waals surface area contributed by atoms with Gasteiger partial charge in [0.2, 0.25) is 11.8 Å². The van der Waals surface area contributed by atoms with E-state index in [4.69, 9.17) is 4.98 Å². The molecule has 6 nitrogen and oxygen atoms in total. The molecule has 0 unspecified atom stereocenters. The van der Waals surface area contributed by atoms with E-state index >= 15 is 0 Å². The average Bonchev–Trinajstić information content (AvgIpc) is 3.04. The number of benzene rings is 2. The number of anilines is 1. The molecule has 2 N–H and O–H groups in total. The molecule has 0 atom stereocenters. The van der Waals surface area contributed by atoms with Crippen LogP contribution in [0.25, 0.3) is 11.0 Å². The summed E-state index contributed by atoms with van der Waals surface area (Å²) in [5, 5.41) is 5.95. The average molecular weight is 407 g/mol. The lowest BCUT2D eigenvalue weighted by Crippen LogP contribution is -2.29. The first-order chi connectivity index (χ1) is 14.3. The number of hydrogen-bond acceptors (Lipinski definition) is 3. The molecular formula is C24H30N4O2. The molecule has 0 radical (unpaired) electrons. The molecule has 3 rings (SSSR count). The number of imidazole rings is 1. The van der Waals surface area contributed by atoms with E-state index in [2.05, 4.69) is 16.7 Å². The molecule has 3 aromatic rings. The Hall–Kier alpha value is -3.15. The molecule has 1 heterocycles. The molecular weight excluding hydrogens is 376 g/mol. The molecule has 0 aliphatic heterocycles. The molecule has 0 bridgehead atoms. The van der Waals surface area contributed by atoms with Gasteiger partial charge in [0.25, 0.3) is 0 Å². The molecule has 0 fully saturated rings. The molecule has 0 saturated carbocycles. The molecule has 158 valence electrons. The van der Waals surface area contributed by atoms with E-state index in [9.17, 15) is 9.59 Å². The highest BCUT2D eigenvalue weighted by molar-refractivity contribution is 5.92. The lowest BCUT2D eigenvalue weighted by molar-refractivity contribution is -0.124. The van der Waals surface area contributed by atoms with Gasteiger partial charge in [-0.1, -0.05) is 43.7 Å². The van der Waals surface area contributed by atoms with E-state index in [0.29, 0.717) is 13.0 Å². The molecule has 0 spiro atoms. The number of nitrogens with one attached hydrogen (secondary N) is 2. The maximum Gasteiger partial charge on any atom is 0.244 e. The van der Waals surface area contributed by atoms with Crippen LogP contribution in [0.15, 0.2) is 42.5 Å². The highest BCUT2D eigenvalue weighted by Crippen LogP contribution is 2.19. The zero-order chi connectivity index (χ0) is 21.7. The van der Waals surface area contributed by atoms with Crippen molar-refractivity contribution in [3.63, 3.8) is 0 Å². The number of para-hydroxylation sites is 2. The number of carbonyl (C=O) groups excluding carboxylic acids is 2. The quantitative estimate of drug-likeness (QED) is 0.555. The maximum atomic E-state index is 12.8. The van der Waals surface area contributed by atoms with Gasteiger partial charge in [-0.15, -0.1) is 0 Å². The SMILES string of the molecule is Cc1ccc(NC(=O)Cn2c(CCCNC(=O)C(C)C)nc3ccccc32)c(C)c1. The Balaban J connectivity index is 1.72. The van der Waals surface area contributed by atoms with Gasteiger partial charge in [-0.2, -0.15) is 0 Å². The molecule has 0 saturated heterocycles. The summed E-state index contributed by atoms with van der Waals surface area (Å²) in [5.41, 5.74) is 4.85. The Kier molecular flexibility index (Phi) is 6.87. The van der Waals surface area contributed by atoms with Gasteiger partial charge in [-0.25, -0.2) is 4.98 Å². The van der Waals surface area contributed by atoms with E-state index in [1.807, 2.05) is 68.7 Å². The number of fused-ring (bicyclic) bond motifs is 1. The lowest BCUT2D eigenvalue weighted by Gasteiger charge is -2.12. The molecule has 1 aromatic heterocycles. The van der Waals surface area contributed by atoms with Gasteiger partial charge < -0.3 is 15.2 Å². The Morgan fingerprint density at radius 1 is 1.10 bits per heavy atom. The summed E-state index contributed by atoms with van der Waals surface area (Å²) in [5.74, 6) is 0.796. The number of aromatic nitrogens is 2. The van der Waals surface area contributed by atoms with E-state index < -0.39 is 0 Å². The first-order valence-corrected chi connectivity index (χ1v) is 10.4. The van der Waals surface area contributed by atoms with Crippen molar-refractivity contribution in [3.8, 4) is 0 Å². The van der Waals surface area contributed by atoms with Crippen LogP contribution in [0.2, 0.25) is 0 Å². The zero-order valence-electron chi connectivity index (χ0n) is 18.2. The monoisotopic (exact) mass is 406 g/mol. The Labute approximate surface area is 177 Å². The van der Waals surface area contributed by atoms with Gasteiger partial charge in [-0.05, 0) is 44.0 Å². The number of rotatable bonds is 8. The van der Waals surface area contributed by atoms with Crippen LogP contribution in [-0.2, 0) is 22.6 Å². The smallest absolute Gasteiger partial charge is 0.244 e. The van der Waals surface area contributed by atoms with Gasteiger partial charge in [0.1, 0.15) is 12.4 Å². The van der Waals surface area contributed by atoms with Crippen LogP contribution in [0.5, 0.6) is 0 Å². The highest BCUT2D eigenvalue weighted by Gasteiger charge is 2.14. The minimum absolute atomic E-state index is 0.0245. The lowest BCUT2D eigenvalue weighted by atomic mass is 10.1. The van der Waals surface area contributed by atoms with Crippen LogP contribution in [0.4, 0.5) is 5.69 Å². The van der Waals surface area contributed by atoms with Crippen molar-refractivity contribution in [2.75, 3.05) is 11.9 Å². The van der Waals surface area contributed by atoms with Crippen LogP contribution in [-0.4, -0.2) is 27.9 Å². The van der Waals surface area contributed by atoms with Crippen molar-refractivity contribution < 1.29 is 9.59 Å². The van der Waals surface area contributed by atoms with E-state index in [1.54, 1.807) is 0 Å². The van der Waals surface area contributed by atoms with Gasteiger partial charge in [0.15, 0.2) is 0 Å². The van der Waals surface area contributed by atoms with Gasteiger partial charge >= 0.3 is 0 Å². The fourth-order valence-electron chi connectivity index (χ4n) is 3.44. The predicted molar refractivity (Wildman–Crippen MR) is 120 cm³/mol. The maximum absolute atomic E-state index is 12.8. The zero-order valence-corrected chi connectivity index (χ0v) is 18.2. The Bertz CT molecular complexity index is 1050. The molecule has 2 amide bonds. The van der Waals surface area contributed by atoms with E-state index in [1.165, 1.54) is 0 Å². The number of carbonyl (C=O) groups is 2. The standard InChI is InChI=1S/C24H30N4O2/c1-16(2)24(30)25-13-7-10-22-26-20-8-5-6-9-21(20)28(22)15-23(29)27-19-12-11-17(3)14-18(19)4/h5-6,8-9,11-12,14,16H,7,10,13,15H2,1-4H3,(H,25,30)(H,27,29). The van der Waals surface area contributed by atoms with Crippen LogP contribution in [0, 0.1) is 19.8 Å². The minimum Gasteiger partial charge on any atom is -0.356 e. The normalized spacial score (nSPS) is 11.1. The first kappa shape index (κ1) is 21.6. The summed E-state index contributed by atoms with van der Waals surface area (Å²) in [4.78, 5) is 29.3. The third-order valence-corrected chi connectivity index (χ3v) is 5.09. The van der Waals surface area contributed by atoms with Crippen LogP contribution in [0.1, 0.15) is 37.2 Å². The predicted octanol–water partition coefficient (Wildman–Crippen LogP) is 4.00. The molecule has 2 aromatic carbocycles. The summed E-state index contributed by atoms with van der Waals surface area (Å²) >= 11 is 0. The Morgan fingerprint density at radius 2 is 1.87 bits per heavy atom. The van der Waals surface area contributed by atoms with E-state index in [0.717, 1.165) is 40.1 Å². The number of hydrogen-bond donors (Lipinski definition) is 2. The van der Waals surface area contributed by atoms with Gasteiger partial charge in [-0.3, -0.25) is 9.59 Å². The molecule has 0 aliphatic carbocycles. The van der Waals surface area contributed by atoms with Gasteiger partial charge in [0.05, 0.1) is 11.0 Å². The largest absolute Gasteiger partial charge is 0.356 e. The minimum atomic E-state index is -0.0838. The second kappa shape index (κ2) is 9.57. The molecule has 6 heteroatoms. The number of aryl methyl sites for hydroxylation is 3. The summed E-state index contributed by atoms with van der Waals surface area (Å²) in [6.45, 7) is 8.57. The van der Waals surface area contributed by atoms with Crippen LogP contribution in [0.3, 0.4) is 0 Å². The van der Waals surface area contributed by atoms with Crippen LogP contribution >= 0.6 is 0 Å². The van der Waals surface area contributed by atoms with Crippen molar-refractivity contribution in [1.29, 1.82) is 0 Å². The summed E-state index contributed by atoms with van der Waals surface area (Å²) in [6, 6.07) is 13.8. The highest BCUT2D eigenvalue weighted by atomic mass is 16.2. The van der Waals surface area contributed by atoms with Gasteiger partial charge in [0, 0.05) is 24.6 Å². The fourth-order valence-corrected chi connectivity index (χ4v) is 3.44. The summed E-state index contributed by atoms with van der Waals surface area (Å²) in [6.07, 6.45) is 1.45. The number of amides is 2. The third-order valence-electron chi connectivity index (χ3n) is 5.09. The van der Waals surface area contributed by atoms with Crippen LogP contribution < -0.4 is 10.6 Å². The summed E-state index contributed by atoms with van der Waals surface area (Å²) in [7, 11) is 0. The van der Waals surface area contributed by atoms with E-state index in [-0.39, 0.29) is 24.3 Å². The topological polar surface area (TPSA) is 76.0 Å². The molecule has 0 aliphatic rings. The van der Waals surface area contributed by atoms with Crippen molar-refractivity contribution >= 4 is 28.5 Å².